The zero-order chi connectivity index (χ0) is 19.8. The van der Waals surface area contributed by atoms with E-state index in [4.69, 9.17) is 14.2 Å². The molecule has 1 N–H and O–H groups in total. The molecule has 0 aliphatic carbocycles. The smallest absolute Gasteiger partial charge is 0.119 e. The van der Waals surface area contributed by atoms with E-state index < -0.39 is 6.10 Å². The van der Waals surface area contributed by atoms with Crippen LogP contribution in [0.3, 0.4) is 0 Å². The van der Waals surface area contributed by atoms with Crippen LogP contribution in [0.4, 0.5) is 0 Å². The molecule has 0 saturated carbocycles. The maximum atomic E-state index is 10.6. The van der Waals surface area contributed by atoms with Crippen molar-refractivity contribution in [2.45, 2.75) is 38.5 Å². The molecule has 5 heteroatoms. The van der Waals surface area contributed by atoms with Crippen LogP contribution in [0.2, 0.25) is 0 Å². The molecular weight excluding hydrogens is 354 g/mol. The Bertz CT molecular complexity index is 713. The summed E-state index contributed by atoms with van der Waals surface area (Å²) in [7, 11) is 1.64. The summed E-state index contributed by atoms with van der Waals surface area (Å²) in [6.45, 7) is 5.36. The molecule has 0 spiro atoms. The fraction of sp³-hybridized carbons (Fsp3) is 0.478. The number of rotatable bonds is 10. The largest absolute Gasteiger partial charge is 0.497 e. The van der Waals surface area contributed by atoms with Gasteiger partial charge in [0.05, 0.1) is 13.2 Å². The maximum absolute atomic E-state index is 10.6. The Morgan fingerprint density at radius 1 is 1.18 bits per heavy atom. The number of methoxy groups -OCH3 is 1. The van der Waals surface area contributed by atoms with E-state index in [9.17, 15) is 5.11 Å². The zero-order valence-electron chi connectivity index (χ0n) is 16.8. The van der Waals surface area contributed by atoms with E-state index in [1.807, 2.05) is 24.3 Å². The second-order valence-corrected chi connectivity index (χ2v) is 7.46. The van der Waals surface area contributed by atoms with E-state index >= 15 is 0 Å². The lowest BCUT2D eigenvalue weighted by atomic mass is 10.1. The van der Waals surface area contributed by atoms with Crippen molar-refractivity contribution in [3.05, 3.63) is 59.7 Å². The van der Waals surface area contributed by atoms with Gasteiger partial charge in [-0.15, -0.1) is 0 Å². The normalized spacial score (nSPS) is 17.6. The molecule has 152 valence electrons. The monoisotopic (exact) mass is 385 g/mol. The van der Waals surface area contributed by atoms with Crippen LogP contribution in [0, 0.1) is 6.92 Å². The molecule has 1 aliphatic rings. The highest BCUT2D eigenvalue weighted by molar-refractivity contribution is 5.31. The first-order valence-corrected chi connectivity index (χ1v) is 9.97. The van der Waals surface area contributed by atoms with E-state index in [1.165, 1.54) is 11.1 Å². The quantitative estimate of drug-likeness (QED) is 0.679. The fourth-order valence-corrected chi connectivity index (χ4v) is 3.56. The lowest BCUT2D eigenvalue weighted by Crippen LogP contribution is -2.39. The first-order chi connectivity index (χ1) is 13.6. The van der Waals surface area contributed by atoms with Gasteiger partial charge in [0.15, 0.2) is 0 Å². The Kier molecular flexibility index (Phi) is 7.71. The van der Waals surface area contributed by atoms with E-state index in [0.29, 0.717) is 6.54 Å². The molecule has 1 heterocycles. The van der Waals surface area contributed by atoms with Crippen molar-refractivity contribution in [3.8, 4) is 11.5 Å². The molecule has 2 aromatic carbocycles. The van der Waals surface area contributed by atoms with Crippen molar-refractivity contribution < 1.29 is 19.3 Å². The SMILES string of the molecule is COc1ccc(OC[C@H](O)CN(Cc2cccc(C)c2)C[C@H]2CCCO2)cc1. The summed E-state index contributed by atoms with van der Waals surface area (Å²) in [6.07, 6.45) is 1.88. The maximum Gasteiger partial charge on any atom is 0.119 e. The molecule has 2 aromatic rings. The number of hydrogen-bond acceptors (Lipinski definition) is 5. The molecule has 0 unspecified atom stereocenters. The number of nitrogens with zero attached hydrogens (tertiary/aromatic N) is 1. The molecule has 5 nitrogen and oxygen atoms in total. The Hall–Kier alpha value is -2.08. The molecule has 1 saturated heterocycles. The third-order valence-corrected chi connectivity index (χ3v) is 4.95. The summed E-state index contributed by atoms with van der Waals surface area (Å²) in [5, 5.41) is 10.6. The molecule has 0 bridgehead atoms. The van der Waals surface area contributed by atoms with Gasteiger partial charge in [0.1, 0.15) is 24.2 Å². The average Bonchev–Trinajstić information content (AvgIpc) is 3.20. The minimum absolute atomic E-state index is 0.250. The summed E-state index contributed by atoms with van der Waals surface area (Å²) in [5.41, 5.74) is 2.50. The van der Waals surface area contributed by atoms with Crippen molar-refractivity contribution in [2.75, 3.05) is 33.4 Å². The van der Waals surface area contributed by atoms with Gasteiger partial charge in [-0.3, -0.25) is 4.90 Å². The van der Waals surface area contributed by atoms with Crippen LogP contribution in [-0.4, -0.2) is 55.6 Å². The lowest BCUT2D eigenvalue weighted by molar-refractivity contribution is 0.0313. The van der Waals surface area contributed by atoms with E-state index in [2.05, 4.69) is 36.1 Å². The average molecular weight is 386 g/mol. The number of benzene rings is 2. The number of aliphatic hydroxyl groups is 1. The van der Waals surface area contributed by atoms with Gasteiger partial charge in [0.25, 0.3) is 0 Å². The number of aryl methyl sites for hydroxylation is 1. The van der Waals surface area contributed by atoms with Crippen LogP contribution in [0.25, 0.3) is 0 Å². The van der Waals surface area contributed by atoms with Crippen molar-refractivity contribution in [1.82, 2.24) is 4.90 Å². The fourth-order valence-electron chi connectivity index (χ4n) is 3.56. The number of hydrogen-bond donors (Lipinski definition) is 1. The Morgan fingerprint density at radius 2 is 1.96 bits per heavy atom. The standard InChI is InChI=1S/C23H31NO4/c1-18-5-3-6-19(13-18)14-24(16-23-7-4-12-27-23)15-20(25)17-28-22-10-8-21(26-2)9-11-22/h3,5-6,8-11,13,20,23,25H,4,7,12,14-17H2,1-2H3/t20-,23-/m1/s1. The van der Waals surface area contributed by atoms with E-state index in [0.717, 1.165) is 44.0 Å². The molecule has 0 radical (unpaired) electrons. The van der Waals surface area contributed by atoms with Crippen molar-refractivity contribution in [1.29, 1.82) is 0 Å². The molecular formula is C23H31NO4. The van der Waals surface area contributed by atoms with Gasteiger partial charge < -0.3 is 19.3 Å². The van der Waals surface area contributed by atoms with Gasteiger partial charge in [0.2, 0.25) is 0 Å². The third-order valence-electron chi connectivity index (χ3n) is 4.95. The topological polar surface area (TPSA) is 51.2 Å². The number of ether oxygens (including phenoxy) is 3. The van der Waals surface area contributed by atoms with Crippen LogP contribution in [-0.2, 0) is 11.3 Å². The molecule has 28 heavy (non-hydrogen) atoms. The minimum atomic E-state index is -0.576. The Morgan fingerprint density at radius 3 is 2.64 bits per heavy atom. The first-order valence-electron chi connectivity index (χ1n) is 9.97. The van der Waals surface area contributed by atoms with Gasteiger partial charge >= 0.3 is 0 Å². The molecule has 0 aromatic heterocycles. The molecule has 3 rings (SSSR count). The summed E-state index contributed by atoms with van der Waals surface area (Å²) < 4.78 is 16.7. The first kappa shape index (κ1) is 20.6. The summed E-state index contributed by atoms with van der Waals surface area (Å²) in [4.78, 5) is 2.27. The van der Waals surface area contributed by atoms with E-state index in [1.54, 1.807) is 7.11 Å². The molecule has 1 fully saturated rings. The highest BCUT2D eigenvalue weighted by Crippen LogP contribution is 2.18. The molecule has 1 aliphatic heterocycles. The second-order valence-electron chi connectivity index (χ2n) is 7.46. The van der Waals surface area contributed by atoms with Gasteiger partial charge in [-0.1, -0.05) is 29.8 Å². The predicted octanol–water partition coefficient (Wildman–Crippen LogP) is 3.42. The number of aliphatic hydroxyl groups excluding tert-OH is 1. The van der Waals surface area contributed by atoms with E-state index in [-0.39, 0.29) is 12.7 Å². The minimum Gasteiger partial charge on any atom is -0.497 e. The van der Waals surface area contributed by atoms with Crippen LogP contribution in [0.1, 0.15) is 24.0 Å². The van der Waals surface area contributed by atoms with Gasteiger partial charge in [-0.05, 0) is 49.6 Å². The van der Waals surface area contributed by atoms with Crippen LogP contribution in [0.5, 0.6) is 11.5 Å². The highest BCUT2D eigenvalue weighted by atomic mass is 16.5. The molecule has 2 atom stereocenters. The molecule has 0 amide bonds. The summed E-state index contributed by atoms with van der Waals surface area (Å²) >= 11 is 0. The Labute approximate surface area is 167 Å². The van der Waals surface area contributed by atoms with Crippen LogP contribution >= 0.6 is 0 Å². The second kappa shape index (κ2) is 10.5. The van der Waals surface area contributed by atoms with Crippen LogP contribution < -0.4 is 9.47 Å². The van der Waals surface area contributed by atoms with Gasteiger partial charge in [-0.2, -0.15) is 0 Å². The van der Waals surface area contributed by atoms with Crippen molar-refractivity contribution in [3.63, 3.8) is 0 Å². The third kappa shape index (κ3) is 6.51. The lowest BCUT2D eigenvalue weighted by Gasteiger charge is -2.27. The Balaban J connectivity index is 1.55. The van der Waals surface area contributed by atoms with Crippen molar-refractivity contribution in [2.24, 2.45) is 0 Å². The van der Waals surface area contributed by atoms with Gasteiger partial charge in [0, 0.05) is 26.2 Å². The van der Waals surface area contributed by atoms with Crippen molar-refractivity contribution >= 4 is 0 Å². The zero-order valence-corrected chi connectivity index (χ0v) is 16.8. The van der Waals surface area contributed by atoms with Crippen LogP contribution in [0.15, 0.2) is 48.5 Å². The summed E-state index contributed by atoms with van der Waals surface area (Å²) in [5.74, 6) is 1.51. The summed E-state index contributed by atoms with van der Waals surface area (Å²) in [6, 6.07) is 15.9. The highest BCUT2D eigenvalue weighted by Gasteiger charge is 2.21. The van der Waals surface area contributed by atoms with Gasteiger partial charge in [-0.25, -0.2) is 0 Å². The predicted molar refractivity (Wildman–Crippen MR) is 110 cm³/mol.